The molecule has 0 spiro atoms. The zero-order valence-corrected chi connectivity index (χ0v) is 20.7. The first-order valence-electron chi connectivity index (χ1n) is 12.0. The minimum Gasteiger partial charge on any atom is -0.496 e. The Bertz CT molecular complexity index is 1250. The maximum absolute atomic E-state index is 11.2. The Hall–Kier alpha value is -3.55. The SMILES string of the molecule is COc1cc2c(cc1CCC(=O)O)nc(Nc1ccc(C(=O)O)cc1)n2C1CC(C)CC(C)(C)C1. The van der Waals surface area contributed by atoms with Crippen LogP contribution >= 0.6 is 0 Å². The monoisotopic (exact) mass is 479 g/mol. The van der Waals surface area contributed by atoms with E-state index in [4.69, 9.17) is 14.8 Å². The molecule has 0 bridgehead atoms. The number of carboxylic acid groups (broad SMARTS) is 2. The van der Waals surface area contributed by atoms with Gasteiger partial charge in [-0.2, -0.15) is 0 Å². The van der Waals surface area contributed by atoms with E-state index < -0.39 is 11.9 Å². The van der Waals surface area contributed by atoms with Crippen molar-refractivity contribution in [2.75, 3.05) is 12.4 Å². The summed E-state index contributed by atoms with van der Waals surface area (Å²) < 4.78 is 7.88. The van der Waals surface area contributed by atoms with Crippen LogP contribution in [0, 0.1) is 11.3 Å². The third-order valence-electron chi connectivity index (χ3n) is 6.82. The minimum absolute atomic E-state index is 0.0118. The summed E-state index contributed by atoms with van der Waals surface area (Å²) in [6.07, 6.45) is 3.55. The first-order chi connectivity index (χ1) is 16.6. The van der Waals surface area contributed by atoms with Crippen LogP contribution in [0.2, 0.25) is 0 Å². The second kappa shape index (κ2) is 9.60. The number of aryl methyl sites for hydroxylation is 1. The first-order valence-corrected chi connectivity index (χ1v) is 12.0. The van der Waals surface area contributed by atoms with Crippen molar-refractivity contribution in [2.45, 2.75) is 58.9 Å². The lowest BCUT2D eigenvalue weighted by Crippen LogP contribution is -2.29. The van der Waals surface area contributed by atoms with E-state index in [1.54, 1.807) is 31.4 Å². The second-order valence-corrected chi connectivity index (χ2v) is 10.4. The highest BCUT2D eigenvalue weighted by atomic mass is 16.5. The van der Waals surface area contributed by atoms with Gasteiger partial charge >= 0.3 is 11.9 Å². The molecule has 0 radical (unpaired) electrons. The fraction of sp³-hybridized carbons (Fsp3) is 0.444. The fourth-order valence-corrected chi connectivity index (χ4v) is 5.57. The molecule has 2 aromatic carbocycles. The fourth-order valence-electron chi connectivity index (χ4n) is 5.57. The summed E-state index contributed by atoms with van der Waals surface area (Å²) in [5.41, 5.74) is 3.66. The van der Waals surface area contributed by atoms with Crippen molar-refractivity contribution in [3.63, 3.8) is 0 Å². The summed E-state index contributed by atoms with van der Waals surface area (Å²) >= 11 is 0. The highest BCUT2D eigenvalue weighted by Crippen LogP contribution is 2.46. The van der Waals surface area contributed by atoms with Crippen LogP contribution in [0.15, 0.2) is 36.4 Å². The molecule has 0 amide bonds. The summed E-state index contributed by atoms with van der Waals surface area (Å²) in [5, 5.41) is 21.8. The molecule has 4 rings (SSSR count). The predicted molar refractivity (Wildman–Crippen MR) is 135 cm³/mol. The summed E-state index contributed by atoms with van der Waals surface area (Å²) in [6, 6.07) is 10.7. The molecule has 0 aliphatic heterocycles. The van der Waals surface area contributed by atoms with Crippen molar-refractivity contribution >= 4 is 34.6 Å². The maximum Gasteiger partial charge on any atom is 0.335 e. The number of rotatable bonds is 8. The summed E-state index contributed by atoms with van der Waals surface area (Å²) in [5.74, 6) is 0.0582. The quantitative estimate of drug-likeness (QED) is 0.369. The van der Waals surface area contributed by atoms with E-state index in [-0.39, 0.29) is 23.4 Å². The van der Waals surface area contributed by atoms with Crippen molar-refractivity contribution in [3.05, 3.63) is 47.5 Å². The minimum atomic E-state index is -0.969. The number of aromatic nitrogens is 2. The van der Waals surface area contributed by atoms with Crippen LogP contribution in [-0.4, -0.2) is 38.8 Å². The number of carboxylic acids is 2. The zero-order valence-electron chi connectivity index (χ0n) is 20.7. The third-order valence-corrected chi connectivity index (χ3v) is 6.82. The van der Waals surface area contributed by atoms with E-state index in [0.29, 0.717) is 24.0 Å². The van der Waals surface area contributed by atoms with E-state index in [1.165, 1.54) is 0 Å². The van der Waals surface area contributed by atoms with Gasteiger partial charge in [0.05, 0.1) is 23.7 Å². The van der Waals surface area contributed by atoms with Crippen LogP contribution in [0.5, 0.6) is 5.75 Å². The molecule has 8 heteroatoms. The topological polar surface area (TPSA) is 114 Å². The molecule has 2 atom stereocenters. The van der Waals surface area contributed by atoms with Gasteiger partial charge in [0.2, 0.25) is 5.95 Å². The standard InChI is InChI=1S/C27H33N3O5/c1-16-11-20(15-27(2,3)14-16)30-22-13-23(35-4)18(7-10-24(31)32)12-21(22)29-26(30)28-19-8-5-17(6-9-19)25(33)34/h5-6,8-9,12-13,16,20H,7,10-11,14-15H2,1-4H3,(H,28,29)(H,31,32)(H,33,34). The summed E-state index contributed by atoms with van der Waals surface area (Å²) in [6.45, 7) is 6.89. The molecule has 2 unspecified atom stereocenters. The average Bonchev–Trinajstić information content (AvgIpc) is 3.12. The van der Waals surface area contributed by atoms with E-state index in [9.17, 15) is 14.7 Å². The van der Waals surface area contributed by atoms with Crippen molar-refractivity contribution in [1.82, 2.24) is 9.55 Å². The molecule has 1 fully saturated rings. The van der Waals surface area contributed by atoms with Gasteiger partial charge in [0, 0.05) is 24.2 Å². The number of carbonyl (C=O) groups is 2. The van der Waals surface area contributed by atoms with Crippen LogP contribution in [0.3, 0.4) is 0 Å². The molecular weight excluding hydrogens is 446 g/mol. The smallest absolute Gasteiger partial charge is 0.335 e. The maximum atomic E-state index is 11.2. The van der Waals surface area contributed by atoms with Crippen LogP contribution in [0.4, 0.5) is 11.6 Å². The van der Waals surface area contributed by atoms with Gasteiger partial charge in [-0.3, -0.25) is 4.79 Å². The Morgan fingerprint density at radius 3 is 2.49 bits per heavy atom. The van der Waals surface area contributed by atoms with E-state index in [0.717, 1.165) is 41.5 Å². The molecule has 1 aliphatic carbocycles. The van der Waals surface area contributed by atoms with Gasteiger partial charge in [-0.1, -0.05) is 20.8 Å². The van der Waals surface area contributed by atoms with Crippen molar-refractivity contribution in [2.24, 2.45) is 11.3 Å². The number of ether oxygens (including phenoxy) is 1. The number of imidazole rings is 1. The van der Waals surface area contributed by atoms with E-state index >= 15 is 0 Å². The molecule has 1 saturated carbocycles. The van der Waals surface area contributed by atoms with Gasteiger partial charge in [0.15, 0.2) is 0 Å². The van der Waals surface area contributed by atoms with Gasteiger partial charge in [0.25, 0.3) is 0 Å². The molecule has 1 heterocycles. The Morgan fingerprint density at radius 1 is 1.17 bits per heavy atom. The lowest BCUT2D eigenvalue weighted by atomic mass is 9.70. The van der Waals surface area contributed by atoms with Crippen molar-refractivity contribution < 1.29 is 24.5 Å². The van der Waals surface area contributed by atoms with Crippen LogP contribution in [0.25, 0.3) is 11.0 Å². The van der Waals surface area contributed by atoms with Crippen molar-refractivity contribution in [1.29, 1.82) is 0 Å². The van der Waals surface area contributed by atoms with Gasteiger partial charge in [-0.15, -0.1) is 0 Å². The first kappa shape index (κ1) is 24.6. The predicted octanol–water partition coefficient (Wildman–Crippen LogP) is 5.89. The van der Waals surface area contributed by atoms with Crippen LogP contribution < -0.4 is 10.1 Å². The lowest BCUT2D eigenvalue weighted by molar-refractivity contribution is -0.136. The number of benzene rings is 2. The molecule has 0 saturated heterocycles. The molecule has 1 aromatic heterocycles. The van der Waals surface area contributed by atoms with Gasteiger partial charge < -0.3 is 24.8 Å². The molecule has 1 aliphatic rings. The third kappa shape index (κ3) is 5.42. The molecule has 8 nitrogen and oxygen atoms in total. The number of fused-ring (bicyclic) bond motifs is 1. The Kier molecular flexibility index (Phi) is 6.74. The number of hydrogen-bond donors (Lipinski definition) is 3. The number of nitrogens with zero attached hydrogens (tertiary/aromatic N) is 2. The van der Waals surface area contributed by atoms with E-state index in [2.05, 4.69) is 30.7 Å². The molecule has 186 valence electrons. The lowest BCUT2D eigenvalue weighted by Gasteiger charge is -2.40. The number of nitrogens with one attached hydrogen (secondary N) is 1. The molecular formula is C27H33N3O5. The number of anilines is 2. The summed E-state index contributed by atoms with van der Waals surface area (Å²) in [4.78, 5) is 27.3. The molecule has 35 heavy (non-hydrogen) atoms. The number of hydrogen-bond acceptors (Lipinski definition) is 5. The second-order valence-electron chi connectivity index (χ2n) is 10.4. The van der Waals surface area contributed by atoms with Crippen LogP contribution in [-0.2, 0) is 11.2 Å². The Labute approximate surface area is 204 Å². The number of aromatic carboxylic acids is 1. The Balaban J connectivity index is 1.81. The van der Waals surface area contributed by atoms with Crippen molar-refractivity contribution in [3.8, 4) is 5.75 Å². The molecule has 3 N–H and O–H groups in total. The normalized spacial score (nSPS) is 19.4. The number of methoxy groups -OCH3 is 1. The Morgan fingerprint density at radius 2 is 1.89 bits per heavy atom. The van der Waals surface area contributed by atoms with E-state index in [1.807, 2.05) is 12.1 Å². The molecule has 3 aromatic rings. The largest absolute Gasteiger partial charge is 0.496 e. The summed E-state index contributed by atoms with van der Waals surface area (Å²) in [7, 11) is 1.60. The van der Waals surface area contributed by atoms with Gasteiger partial charge in [-0.05, 0) is 72.9 Å². The highest BCUT2D eigenvalue weighted by Gasteiger charge is 2.35. The zero-order chi connectivity index (χ0) is 25.3. The van der Waals surface area contributed by atoms with Gasteiger partial charge in [-0.25, -0.2) is 9.78 Å². The average molecular weight is 480 g/mol. The van der Waals surface area contributed by atoms with Crippen LogP contribution in [0.1, 0.15) is 68.4 Å². The van der Waals surface area contributed by atoms with Gasteiger partial charge in [0.1, 0.15) is 5.75 Å². The number of aliphatic carboxylic acids is 1. The highest BCUT2D eigenvalue weighted by molar-refractivity contribution is 5.88.